The van der Waals surface area contributed by atoms with Crippen LogP contribution in [-0.4, -0.2) is 22.6 Å². The van der Waals surface area contributed by atoms with Crippen LogP contribution in [0, 0.1) is 0 Å². The highest BCUT2D eigenvalue weighted by Crippen LogP contribution is 2.30. The SMILES string of the molecule is C1=CCC(n2cncc2C2CCCNC2)C1. The molecule has 3 heteroatoms. The number of hydrogen-bond acceptors (Lipinski definition) is 2. The molecule has 2 heterocycles. The third kappa shape index (κ3) is 1.80. The summed E-state index contributed by atoms with van der Waals surface area (Å²) < 4.78 is 2.40. The van der Waals surface area contributed by atoms with Gasteiger partial charge >= 0.3 is 0 Å². The van der Waals surface area contributed by atoms with E-state index in [1.807, 2.05) is 6.33 Å². The quantitative estimate of drug-likeness (QED) is 0.770. The van der Waals surface area contributed by atoms with Gasteiger partial charge in [-0.25, -0.2) is 4.98 Å². The topological polar surface area (TPSA) is 29.9 Å². The van der Waals surface area contributed by atoms with Crippen LogP contribution < -0.4 is 5.32 Å². The first kappa shape index (κ1) is 10.1. The summed E-state index contributed by atoms with van der Waals surface area (Å²) in [7, 11) is 0. The molecular weight excluding hydrogens is 198 g/mol. The molecule has 16 heavy (non-hydrogen) atoms. The summed E-state index contributed by atoms with van der Waals surface area (Å²) in [4.78, 5) is 4.35. The van der Waals surface area contributed by atoms with Crippen LogP contribution in [0.2, 0.25) is 0 Å². The van der Waals surface area contributed by atoms with Crippen LogP contribution in [0.15, 0.2) is 24.7 Å². The van der Waals surface area contributed by atoms with Gasteiger partial charge in [0, 0.05) is 30.4 Å². The van der Waals surface area contributed by atoms with Gasteiger partial charge in [-0.3, -0.25) is 0 Å². The van der Waals surface area contributed by atoms with Gasteiger partial charge in [-0.15, -0.1) is 0 Å². The molecule has 0 saturated carbocycles. The monoisotopic (exact) mass is 217 g/mol. The molecule has 0 spiro atoms. The van der Waals surface area contributed by atoms with E-state index in [0.29, 0.717) is 12.0 Å². The number of piperidine rings is 1. The molecule has 1 aliphatic carbocycles. The molecule has 0 aromatic carbocycles. The van der Waals surface area contributed by atoms with Gasteiger partial charge in [-0.05, 0) is 32.2 Å². The van der Waals surface area contributed by atoms with Crippen LogP contribution in [0.5, 0.6) is 0 Å². The van der Waals surface area contributed by atoms with E-state index in [9.17, 15) is 0 Å². The van der Waals surface area contributed by atoms with Gasteiger partial charge in [0.2, 0.25) is 0 Å². The maximum Gasteiger partial charge on any atom is 0.0951 e. The third-order valence-corrected chi connectivity index (χ3v) is 3.79. The van der Waals surface area contributed by atoms with Crippen molar-refractivity contribution in [2.24, 2.45) is 0 Å². The summed E-state index contributed by atoms with van der Waals surface area (Å²) in [6.45, 7) is 2.29. The van der Waals surface area contributed by atoms with Crippen LogP contribution >= 0.6 is 0 Å². The zero-order chi connectivity index (χ0) is 10.8. The average Bonchev–Trinajstić information content (AvgIpc) is 3.01. The third-order valence-electron chi connectivity index (χ3n) is 3.79. The summed E-state index contributed by atoms with van der Waals surface area (Å²) in [5, 5.41) is 3.48. The largest absolute Gasteiger partial charge is 0.331 e. The Labute approximate surface area is 96.6 Å². The number of imidazole rings is 1. The van der Waals surface area contributed by atoms with E-state index in [-0.39, 0.29) is 0 Å². The van der Waals surface area contributed by atoms with Crippen molar-refractivity contribution in [3.05, 3.63) is 30.4 Å². The fourth-order valence-corrected chi connectivity index (χ4v) is 2.87. The number of aromatic nitrogens is 2. The maximum absolute atomic E-state index is 4.35. The Kier molecular flexibility index (Phi) is 2.79. The number of nitrogens with zero attached hydrogens (tertiary/aromatic N) is 2. The van der Waals surface area contributed by atoms with Gasteiger partial charge in [0.15, 0.2) is 0 Å². The number of nitrogens with one attached hydrogen (secondary N) is 1. The summed E-state index contributed by atoms with van der Waals surface area (Å²) >= 11 is 0. The van der Waals surface area contributed by atoms with Crippen LogP contribution in [0.25, 0.3) is 0 Å². The molecule has 0 amide bonds. The summed E-state index contributed by atoms with van der Waals surface area (Å²) in [6, 6.07) is 0.624. The molecule has 1 atom stereocenters. The van der Waals surface area contributed by atoms with Crippen LogP contribution in [0.3, 0.4) is 0 Å². The van der Waals surface area contributed by atoms with Crippen molar-refractivity contribution < 1.29 is 0 Å². The van der Waals surface area contributed by atoms with Crippen molar-refractivity contribution in [2.45, 2.75) is 37.6 Å². The Morgan fingerprint density at radius 1 is 1.31 bits per heavy atom. The van der Waals surface area contributed by atoms with Crippen molar-refractivity contribution in [3.8, 4) is 0 Å². The van der Waals surface area contributed by atoms with Crippen LogP contribution in [-0.2, 0) is 0 Å². The van der Waals surface area contributed by atoms with Crippen molar-refractivity contribution >= 4 is 0 Å². The van der Waals surface area contributed by atoms with E-state index in [1.54, 1.807) is 0 Å². The van der Waals surface area contributed by atoms with Gasteiger partial charge in [0.1, 0.15) is 0 Å². The number of allylic oxidation sites excluding steroid dienone is 2. The molecule has 1 aliphatic heterocycles. The Morgan fingerprint density at radius 2 is 2.19 bits per heavy atom. The molecule has 0 bridgehead atoms. The number of rotatable bonds is 2. The molecule has 86 valence electrons. The van der Waals surface area contributed by atoms with Crippen LogP contribution in [0.4, 0.5) is 0 Å². The van der Waals surface area contributed by atoms with Gasteiger partial charge < -0.3 is 9.88 Å². The second-order valence-corrected chi connectivity index (χ2v) is 4.87. The number of hydrogen-bond donors (Lipinski definition) is 1. The minimum Gasteiger partial charge on any atom is -0.331 e. The molecule has 3 nitrogen and oxygen atoms in total. The first-order valence-electron chi connectivity index (χ1n) is 6.32. The minimum atomic E-state index is 0.624. The van der Waals surface area contributed by atoms with Crippen molar-refractivity contribution in [1.29, 1.82) is 0 Å². The fraction of sp³-hybridized carbons (Fsp3) is 0.615. The first-order valence-corrected chi connectivity index (χ1v) is 6.32. The van der Waals surface area contributed by atoms with E-state index >= 15 is 0 Å². The molecule has 1 fully saturated rings. The predicted octanol–water partition coefficient (Wildman–Crippen LogP) is 2.24. The summed E-state index contributed by atoms with van der Waals surface area (Å²) in [6.07, 6.45) is 13.6. The molecule has 1 N–H and O–H groups in total. The van der Waals surface area contributed by atoms with Gasteiger partial charge in [0.05, 0.1) is 6.33 Å². The second-order valence-electron chi connectivity index (χ2n) is 4.87. The van der Waals surface area contributed by atoms with E-state index in [2.05, 4.69) is 33.2 Å². The smallest absolute Gasteiger partial charge is 0.0951 e. The Morgan fingerprint density at radius 3 is 2.94 bits per heavy atom. The molecule has 1 unspecified atom stereocenters. The van der Waals surface area contributed by atoms with E-state index < -0.39 is 0 Å². The van der Waals surface area contributed by atoms with E-state index in [4.69, 9.17) is 0 Å². The highest BCUT2D eigenvalue weighted by atomic mass is 15.1. The molecule has 2 aliphatic rings. The molecule has 3 rings (SSSR count). The van der Waals surface area contributed by atoms with Gasteiger partial charge in [0.25, 0.3) is 0 Å². The maximum atomic E-state index is 4.35. The van der Waals surface area contributed by atoms with Gasteiger partial charge in [-0.1, -0.05) is 12.2 Å². The zero-order valence-electron chi connectivity index (χ0n) is 9.60. The lowest BCUT2D eigenvalue weighted by atomic mass is 9.96. The predicted molar refractivity (Wildman–Crippen MR) is 64.5 cm³/mol. The standard InChI is InChI=1S/C13H19N3/c1-2-6-12(5-1)16-10-15-9-13(16)11-4-3-7-14-8-11/h1-2,9-12,14H,3-8H2. The van der Waals surface area contributed by atoms with Crippen molar-refractivity contribution in [3.63, 3.8) is 0 Å². The Balaban J connectivity index is 1.80. The molecular formula is C13H19N3. The van der Waals surface area contributed by atoms with Crippen molar-refractivity contribution in [2.75, 3.05) is 13.1 Å². The Bertz CT molecular complexity index is 366. The molecule has 1 saturated heterocycles. The fourth-order valence-electron chi connectivity index (χ4n) is 2.87. The summed E-state index contributed by atoms with van der Waals surface area (Å²) in [5.41, 5.74) is 1.43. The normalized spacial score (nSPS) is 26.4. The average molecular weight is 217 g/mol. The van der Waals surface area contributed by atoms with E-state index in [1.165, 1.54) is 37.9 Å². The zero-order valence-corrected chi connectivity index (χ0v) is 9.60. The Hall–Kier alpha value is -1.09. The molecule has 1 aromatic rings. The molecule has 1 aromatic heterocycles. The molecule has 0 radical (unpaired) electrons. The minimum absolute atomic E-state index is 0.624. The second kappa shape index (κ2) is 4.42. The highest BCUT2D eigenvalue weighted by Gasteiger charge is 2.22. The summed E-state index contributed by atoms with van der Waals surface area (Å²) in [5.74, 6) is 0.664. The van der Waals surface area contributed by atoms with E-state index in [0.717, 1.165) is 6.54 Å². The van der Waals surface area contributed by atoms with Crippen LogP contribution in [0.1, 0.15) is 43.3 Å². The van der Waals surface area contributed by atoms with Crippen molar-refractivity contribution in [1.82, 2.24) is 14.9 Å². The lowest BCUT2D eigenvalue weighted by molar-refractivity contribution is 0.421. The first-order chi connectivity index (χ1) is 7.95. The lowest BCUT2D eigenvalue weighted by Gasteiger charge is -2.25. The highest BCUT2D eigenvalue weighted by molar-refractivity contribution is 5.12. The lowest BCUT2D eigenvalue weighted by Crippen LogP contribution is -2.29. The van der Waals surface area contributed by atoms with Gasteiger partial charge in [-0.2, -0.15) is 0 Å².